The highest BCUT2D eigenvalue weighted by molar-refractivity contribution is 9.10. The summed E-state index contributed by atoms with van der Waals surface area (Å²) in [5, 5.41) is 2.83. The Bertz CT molecular complexity index is 442. The number of hydrogen-bond acceptors (Lipinski definition) is 3. The normalized spacial score (nSPS) is 9.62. The Morgan fingerprint density at radius 3 is 3.00 bits per heavy atom. The summed E-state index contributed by atoms with van der Waals surface area (Å²) in [6.45, 7) is 0. The second-order valence-corrected chi connectivity index (χ2v) is 3.15. The molecule has 68 valence electrons. The standard InChI is InChI=1S/C7H4BrN3O.ClH/c8-6-3-5(10-12)4-11-2-1-9-7(6)11;/h1-4H;1H. The minimum Gasteiger partial charge on any atom is -0.304 e. The summed E-state index contributed by atoms with van der Waals surface area (Å²) in [6, 6.07) is 1.63. The Balaban J connectivity index is 0.000000845. The van der Waals surface area contributed by atoms with Crippen molar-refractivity contribution in [1.82, 2.24) is 9.38 Å². The zero-order chi connectivity index (χ0) is 8.55. The van der Waals surface area contributed by atoms with Crippen molar-refractivity contribution in [3.63, 3.8) is 0 Å². The summed E-state index contributed by atoms with van der Waals surface area (Å²) in [6.07, 6.45) is 5.05. The van der Waals surface area contributed by atoms with Gasteiger partial charge in [-0.15, -0.1) is 17.3 Å². The van der Waals surface area contributed by atoms with Crippen molar-refractivity contribution in [2.75, 3.05) is 0 Å². The van der Waals surface area contributed by atoms with Gasteiger partial charge in [-0.1, -0.05) is 0 Å². The van der Waals surface area contributed by atoms with E-state index in [2.05, 4.69) is 26.1 Å². The van der Waals surface area contributed by atoms with Crippen LogP contribution in [0.5, 0.6) is 0 Å². The Morgan fingerprint density at radius 1 is 1.54 bits per heavy atom. The monoisotopic (exact) mass is 261 g/mol. The van der Waals surface area contributed by atoms with Crippen molar-refractivity contribution in [2.45, 2.75) is 0 Å². The lowest BCUT2D eigenvalue weighted by Crippen LogP contribution is -1.82. The first kappa shape index (κ1) is 10.1. The maximum atomic E-state index is 10.2. The highest BCUT2D eigenvalue weighted by atomic mass is 79.9. The van der Waals surface area contributed by atoms with Gasteiger partial charge >= 0.3 is 0 Å². The van der Waals surface area contributed by atoms with Crippen molar-refractivity contribution in [3.8, 4) is 0 Å². The summed E-state index contributed by atoms with van der Waals surface area (Å²) in [7, 11) is 0. The molecule has 0 aromatic carbocycles. The van der Waals surface area contributed by atoms with E-state index in [0.29, 0.717) is 5.69 Å². The molecule has 0 amide bonds. The van der Waals surface area contributed by atoms with E-state index in [1.807, 2.05) is 0 Å². The summed E-state index contributed by atoms with van der Waals surface area (Å²) >= 11 is 3.29. The third-order valence-corrected chi connectivity index (χ3v) is 2.12. The van der Waals surface area contributed by atoms with Gasteiger partial charge in [0.1, 0.15) is 5.69 Å². The molecule has 0 N–H and O–H groups in total. The lowest BCUT2D eigenvalue weighted by Gasteiger charge is -1.96. The number of nitroso groups, excluding NO2 is 1. The molecule has 2 aromatic rings. The van der Waals surface area contributed by atoms with E-state index >= 15 is 0 Å². The fraction of sp³-hybridized carbons (Fsp3) is 0. The van der Waals surface area contributed by atoms with Crippen molar-refractivity contribution < 1.29 is 0 Å². The third-order valence-electron chi connectivity index (χ3n) is 1.53. The van der Waals surface area contributed by atoms with E-state index in [0.717, 1.165) is 10.1 Å². The van der Waals surface area contributed by atoms with Gasteiger partial charge in [0.25, 0.3) is 0 Å². The van der Waals surface area contributed by atoms with E-state index in [1.165, 1.54) is 0 Å². The average molecular weight is 262 g/mol. The molecular weight excluding hydrogens is 257 g/mol. The van der Waals surface area contributed by atoms with Crippen LogP contribution in [-0.2, 0) is 0 Å². The Kier molecular flexibility index (Phi) is 3.00. The number of hydrogen-bond donors (Lipinski definition) is 0. The van der Waals surface area contributed by atoms with Crippen LogP contribution in [0, 0.1) is 4.91 Å². The minimum atomic E-state index is 0. The van der Waals surface area contributed by atoms with Gasteiger partial charge in [0.05, 0.1) is 4.47 Å². The molecule has 0 aliphatic rings. The van der Waals surface area contributed by atoms with E-state index in [-0.39, 0.29) is 12.4 Å². The molecule has 13 heavy (non-hydrogen) atoms. The quantitative estimate of drug-likeness (QED) is 0.742. The molecule has 6 heteroatoms. The first-order valence-electron chi connectivity index (χ1n) is 3.27. The van der Waals surface area contributed by atoms with E-state index < -0.39 is 0 Å². The van der Waals surface area contributed by atoms with E-state index in [1.54, 1.807) is 29.1 Å². The van der Waals surface area contributed by atoms with Crippen LogP contribution >= 0.6 is 28.3 Å². The van der Waals surface area contributed by atoms with Gasteiger partial charge in [0.15, 0.2) is 5.65 Å². The maximum absolute atomic E-state index is 10.2. The predicted octanol–water partition coefficient (Wildman–Crippen LogP) is 2.92. The van der Waals surface area contributed by atoms with Gasteiger partial charge in [0.2, 0.25) is 0 Å². The van der Waals surface area contributed by atoms with Crippen molar-refractivity contribution >= 4 is 39.7 Å². The van der Waals surface area contributed by atoms with Crippen LogP contribution in [0.4, 0.5) is 5.69 Å². The van der Waals surface area contributed by atoms with Gasteiger partial charge in [0, 0.05) is 18.6 Å². The molecule has 4 nitrogen and oxygen atoms in total. The predicted molar refractivity (Wildman–Crippen MR) is 55.6 cm³/mol. The Labute approximate surface area is 88.5 Å². The van der Waals surface area contributed by atoms with Crippen molar-refractivity contribution in [1.29, 1.82) is 0 Å². The summed E-state index contributed by atoms with van der Waals surface area (Å²) in [5.74, 6) is 0. The second kappa shape index (κ2) is 3.85. The van der Waals surface area contributed by atoms with Crippen LogP contribution in [0.25, 0.3) is 5.65 Å². The fourth-order valence-corrected chi connectivity index (χ4v) is 1.57. The number of rotatable bonds is 1. The molecule has 0 unspecified atom stereocenters. The Hall–Kier alpha value is -0.940. The first-order valence-corrected chi connectivity index (χ1v) is 4.06. The SMILES string of the molecule is Cl.O=Nc1cc(Br)c2nccn2c1. The third kappa shape index (κ3) is 1.71. The lowest BCUT2D eigenvalue weighted by molar-refractivity contribution is 1.17. The van der Waals surface area contributed by atoms with E-state index in [4.69, 9.17) is 0 Å². The number of nitrogens with zero attached hydrogens (tertiary/aromatic N) is 3. The molecule has 2 rings (SSSR count). The van der Waals surface area contributed by atoms with Crippen LogP contribution in [-0.4, -0.2) is 9.38 Å². The number of aromatic nitrogens is 2. The van der Waals surface area contributed by atoms with Crippen molar-refractivity contribution in [3.05, 3.63) is 34.0 Å². The van der Waals surface area contributed by atoms with E-state index in [9.17, 15) is 4.91 Å². The molecule has 0 atom stereocenters. The highest BCUT2D eigenvalue weighted by Crippen LogP contribution is 2.22. The fourth-order valence-electron chi connectivity index (χ4n) is 1.03. The molecule has 0 spiro atoms. The molecule has 2 heterocycles. The largest absolute Gasteiger partial charge is 0.304 e. The molecule has 0 saturated carbocycles. The maximum Gasteiger partial charge on any atom is 0.151 e. The average Bonchev–Trinajstić information content (AvgIpc) is 2.52. The van der Waals surface area contributed by atoms with Crippen LogP contribution in [0.1, 0.15) is 0 Å². The van der Waals surface area contributed by atoms with Crippen LogP contribution in [0.3, 0.4) is 0 Å². The zero-order valence-corrected chi connectivity index (χ0v) is 8.75. The molecule has 0 radical (unpaired) electrons. The minimum absolute atomic E-state index is 0. The molecule has 0 saturated heterocycles. The molecule has 0 aliphatic heterocycles. The van der Waals surface area contributed by atoms with Gasteiger partial charge in [-0.05, 0) is 27.2 Å². The second-order valence-electron chi connectivity index (χ2n) is 2.30. The van der Waals surface area contributed by atoms with Gasteiger partial charge in [-0.3, -0.25) is 0 Å². The van der Waals surface area contributed by atoms with Gasteiger partial charge in [-0.2, -0.15) is 0 Å². The number of halogens is 2. The topological polar surface area (TPSA) is 46.7 Å². The smallest absolute Gasteiger partial charge is 0.151 e. The number of pyridine rings is 1. The molecule has 0 bridgehead atoms. The summed E-state index contributed by atoms with van der Waals surface area (Å²) < 4.78 is 2.51. The molecular formula is C7H5BrClN3O. The molecule has 0 fully saturated rings. The number of imidazole rings is 1. The van der Waals surface area contributed by atoms with Crippen LogP contribution in [0.2, 0.25) is 0 Å². The summed E-state index contributed by atoms with van der Waals surface area (Å²) in [4.78, 5) is 14.3. The lowest BCUT2D eigenvalue weighted by atomic mass is 10.4. The Morgan fingerprint density at radius 2 is 2.31 bits per heavy atom. The van der Waals surface area contributed by atoms with Gasteiger partial charge in [-0.25, -0.2) is 4.98 Å². The van der Waals surface area contributed by atoms with Crippen LogP contribution < -0.4 is 0 Å². The molecule has 0 aliphatic carbocycles. The van der Waals surface area contributed by atoms with Crippen LogP contribution in [0.15, 0.2) is 34.3 Å². The number of fused-ring (bicyclic) bond motifs is 1. The zero-order valence-electron chi connectivity index (χ0n) is 6.35. The first-order chi connectivity index (χ1) is 5.81. The summed E-state index contributed by atoms with van der Waals surface area (Å²) in [5.41, 5.74) is 1.16. The van der Waals surface area contributed by atoms with Crippen molar-refractivity contribution in [2.24, 2.45) is 5.18 Å². The molecule has 2 aromatic heterocycles. The highest BCUT2D eigenvalue weighted by Gasteiger charge is 2.01. The van der Waals surface area contributed by atoms with Gasteiger partial charge < -0.3 is 4.40 Å².